The molecule has 3 heterocycles. The van der Waals surface area contributed by atoms with Crippen molar-refractivity contribution in [3.8, 4) is 0 Å². The Labute approximate surface area is 129 Å². The number of hydrogen-bond acceptors (Lipinski definition) is 4. The van der Waals surface area contributed by atoms with Crippen molar-refractivity contribution < 1.29 is 9.47 Å². The monoisotopic (exact) mass is 296 g/mol. The van der Waals surface area contributed by atoms with E-state index in [-0.39, 0.29) is 5.60 Å². The van der Waals surface area contributed by atoms with E-state index in [1.54, 1.807) is 0 Å². The summed E-state index contributed by atoms with van der Waals surface area (Å²) in [4.78, 5) is 2.61. The second-order valence-corrected chi connectivity index (χ2v) is 7.49. The molecule has 3 aliphatic rings. The highest BCUT2D eigenvalue weighted by molar-refractivity contribution is 4.92. The van der Waals surface area contributed by atoms with Crippen LogP contribution in [0.4, 0.5) is 0 Å². The first-order valence-corrected chi connectivity index (χ1v) is 8.86. The lowest BCUT2D eigenvalue weighted by molar-refractivity contribution is -0.140. The minimum Gasteiger partial charge on any atom is -0.381 e. The summed E-state index contributed by atoms with van der Waals surface area (Å²) in [6.45, 7) is 11.0. The first-order chi connectivity index (χ1) is 10.2. The minimum atomic E-state index is 0.119. The number of likely N-dealkylation sites (tertiary alicyclic amines) is 1. The molecule has 0 amide bonds. The Morgan fingerprint density at radius 1 is 1.19 bits per heavy atom. The van der Waals surface area contributed by atoms with E-state index >= 15 is 0 Å². The molecule has 1 spiro atoms. The van der Waals surface area contributed by atoms with E-state index in [0.717, 1.165) is 38.6 Å². The summed E-state index contributed by atoms with van der Waals surface area (Å²) in [7, 11) is 0. The summed E-state index contributed by atoms with van der Waals surface area (Å²) < 4.78 is 11.6. The van der Waals surface area contributed by atoms with Gasteiger partial charge in [0.25, 0.3) is 0 Å². The van der Waals surface area contributed by atoms with Gasteiger partial charge in [0.2, 0.25) is 0 Å². The van der Waals surface area contributed by atoms with Gasteiger partial charge >= 0.3 is 0 Å². The molecular weight excluding hydrogens is 264 g/mol. The zero-order chi connectivity index (χ0) is 14.7. The quantitative estimate of drug-likeness (QED) is 0.861. The lowest BCUT2D eigenvalue weighted by atomic mass is 9.84. The van der Waals surface area contributed by atoms with Crippen LogP contribution in [-0.2, 0) is 9.47 Å². The number of nitrogens with one attached hydrogen (secondary N) is 1. The third kappa shape index (κ3) is 3.98. The van der Waals surface area contributed by atoms with Crippen molar-refractivity contribution in [2.24, 2.45) is 5.92 Å². The number of ether oxygens (including phenoxy) is 2. The topological polar surface area (TPSA) is 33.7 Å². The molecule has 0 aromatic rings. The van der Waals surface area contributed by atoms with Crippen LogP contribution in [0.2, 0.25) is 0 Å². The summed E-state index contributed by atoms with van der Waals surface area (Å²) in [6.07, 6.45) is 5.86. The predicted octanol–water partition coefficient (Wildman–Crippen LogP) is 2.03. The fraction of sp³-hybridized carbons (Fsp3) is 1.00. The maximum atomic E-state index is 6.13. The van der Waals surface area contributed by atoms with Crippen LogP contribution < -0.4 is 5.32 Å². The molecule has 3 fully saturated rings. The Balaban J connectivity index is 1.43. The highest BCUT2D eigenvalue weighted by Crippen LogP contribution is 2.34. The zero-order valence-electron chi connectivity index (χ0n) is 13.8. The van der Waals surface area contributed by atoms with Gasteiger partial charge in [0.05, 0.1) is 5.60 Å². The van der Waals surface area contributed by atoms with Crippen LogP contribution in [0, 0.1) is 5.92 Å². The van der Waals surface area contributed by atoms with E-state index in [4.69, 9.17) is 9.47 Å². The molecule has 1 N–H and O–H groups in total. The van der Waals surface area contributed by atoms with Crippen molar-refractivity contribution in [3.63, 3.8) is 0 Å². The predicted molar refractivity (Wildman–Crippen MR) is 84.6 cm³/mol. The SMILES string of the molecule is CC(C)N1CCC(CNC2CCOC3(CCOCC3)C2)C1. The number of rotatable bonds is 4. The minimum absolute atomic E-state index is 0.119. The lowest BCUT2D eigenvalue weighted by Gasteiger charge is -2.43. The van der Waals surface area contributed by atoms with E-state index in [9.17, 15) is 0 Å². The lowest BCUT2D eigenvalue weighted by Crippen LogP contribution is -2.50. The summed E-state index contributed by atoms with van der Waals surface area (Å²) >= 11 is 0. The van der Waals surface area contributed by atoms with Crippen molar-refractivity contribution in [2.75, 3.05) is 39.5 Å². The number of nitrogens with zero attached hydrogens (tertiary/aromatic N) is 1. The van der Waals surface area contributed by atoms with E-state index < -0.39 is 0 Å². The summed E-state index contributed by atoms with van der Waals surface area (Å²) in [5.41, 5.74) is 0.119. The average Bonchev–Trinajstić information content (AvgIpc) is 2.95. The fourth-order valence-electron chi connectivity index (χ4n) is 4.13. The van der Waals surface area contributed by atoms with Crippen molar-refractivity contribution in [1.29, 1.82) is 0 Å². The summed E-state index contributed by atoms with van der Waals surface area (Å²) in [5, 5.41) is 3.85. The van der Waals surface area contributed by atoms with Gasteiger partial charge in [0.15, 0.2) is 0 Å². The van der Waals surface area contributed by atoms with Crippen molar-refractivity contribution in [2.45, 2.75) is 63.6 Å². The van der Waals surface area contributed by atoms with E-state index in [1.165, 1.54) is 38.9 Å². The van der Waals surface area contributed by atoms with Gasteiger partial charge in [-0.25, -0.2) is 0 Å². The molecule has 0 aliphatic carbocycles. The van der Waals surface area contributed by atoms with Gasteiger partial charge in [-0.05, 0) is 65.0 Å². The van der Waals surface area contributed by atoms with Gasteiger partial charge in [0.1, 0.15) is 0 Å². The van der Waals surface area contributed by atoms with Crippen LogP contribution in [0.1, 0.15) is 46.0 Å². The van der Waals surface area contributed by atoms with Crippen LogP contribution in [0.15, 0.2) is 0 Å². The molecule has 0 saturated carbocycles. The van der Waals surface area contributed by atoms with Crippen LogP contribution in [-0.4, -0.2) is 62.0 Å². The Hall–Kier alpha value is -0.160. The third-order valence-electron chi connectivity index (χ3n) is 5.64. The first-order valence-electron chi connectivity index (χ1n) is 8.86. The Kier molecular flexibility index (Phi) is 5.20. The highest BCUT2D eigenvalue weighted by Gasteiger charge is 2.39. The van der Waals surface area contributed by atoms with Gasteiger partial charge in [0, 0.05) is 38.4 Å². The Morgan fingerprint density at radius 2 is 2.00 bits per heavy atom. The molecule has 3 rings (SSSR count). The molecule has 0 radical (unpaired) electrons. The molecule has 2 unspecified atom stereocenters. The fourth-order valence-corrected chi connectivity index (χ4v) is 4.13. The van der Waals surface area contributed by atoms with Crippen molar-refractivity contribution in [3.05, 3.63) is 0 Å². The maximum absolute atomic E-state index is 6.13. The van der Waals surface area contributed by atoms with E-state index in [2.05, 4.69) is 24.1 Å². The van der Waals surface area contributed by atoms with Gasteiger partial charge in [-0.1, -0.05) is 0 Å². The van der Waals surface area contributed by atoms with Crippen molar-refractivity contribution in [1.82, 2.24) is 10.2 Å². The van der Waals surface area contributed by atoms with E-state index in [1.807, 2.05) is 0 Å². The molecular formula is C17H32N2O2. The van der Waals surface area contributed by atoms with Crippen molar-refractivity contribution >= 4 is 0 Å². The summed E-state index contributed by atoms with van der Waals surface area (Å²) in [6, 6.07) is 1.34. The van der Waals surface area contributed by atoms with Crippen LogP contribution in [0.5, 0.6) is 0 Å². The molecule has 3 saturated heterocycles. The first kappa shape index (κ1) is 15.7. The Morgan fingerprint density at radius 3 is 2.71 bits per heavy atom. The zero-order valence-corrected chi connectivity index (χ0v) is 13.8. The van der Waals surface area contributed by atoms with Crippen LogP contribution >= 0.6 is 0 Å². The standard InChI is InChI=1S/C17H32N2O2/c1-14(2)19-7-3-15(13-19)12-18-16-4-8-21-17(11-16)5-9-20-10-6-17/h14-16,18H,3-13H2,1-2H3. The van der Waals surface area contributed by atoms with Gasteiger partial charge in [-0.2, -0.15) is 0 Å². The molecule has 3 aliphatic heterocycles. The number of hydrogen-bond donors (Lipinski definition) is 1. The normalized spacial score (nSPS) is 33.9. The molecule has 4 heteroatoms. The molecule has 21 heavy (non-hydrogen) atoms. The molecule has 2 atom stereocenters. The van der Waals surface area contributed by atoms with Gasteiger partial charge in [-0.3, -0.25) is 0 Å². The average molecular weight is 296 g/mol. The molecule has 4 nitrogen and oxygen atoms in total. The smallest absolute Gasteiger partial charge is 0.0741 e. The molecule has 0 aromatic heterocycles. The van der Waals surface area contributed by atoms with Gasteiger partial charge in [-0.15, -0.1) is 0 Å². The van der Waals surface area contributed by atoms with Crippen LogP contribution in [0.25, 0.3) is 0 Å². The molecule has 122 valence electrons. The molecule has 0 aromatic carbocycles. The molecule has 0 bridgehead atoms. The highest BCUT2D eigenvalue weighted by atomic mass is 16.5. The largest absolute Gasteiger partial charge is 0.381 e. The van der Waals surface area contributed by atoms with Gasteiger partial charge < -0.3 is 19.7 Å². The maximum Gasteiger partial charge on any atom is 0.0741 e. The van der Waals surface area contributed by atoms with E-state index in [0.29, 0.717) is 12.1 Å². The second-order valence-electron chi connectivity index (χ2n) is 7.49. The summed E-state index contributed by atoms with van der Waals surface area (Å²) in [5.74, 6) is 0.834. The second kappa shape index (κ2) is 6.95. The Bertz CT molecular complexity index is 323. The third-order valence-corrected chi connectivity index (χ3v) is 5.64. The van der Waals surface area contributed by atoms with Crippen LogP contribution in [0.3, 0.4) is 0 Å².